The van der Waals surface area contributed by atoms with E-state index in [9.17, 15) is 9.59 Å². The first-order valence-electron chi connectivity index (χ1n) is 10.2. The van der Waals surface area contributed by atoms with Gasteiger partial charge in [-0.05, 0) is 42.2 Å². The number of hydrogen-bond donors (Lipinski definition) is 1. The van der Waals surface area contributed by atoms with Gasteiger partial charge >= 0.3 is 0 Å². The lowest BCUT2D eigenvalue weighted by Gasteiger charge is -2.18. The van der Waals surface area contributed by atoms with E-state index in [-0.39, 0.29) is 17.6 Å². The lowest BCUT2D eigenvalue weighted by Crippen LogP contribution is -2.32. The fourth-order valence-electron chi connectivity index (χ4n) is 3.08. The van der Waals surface area contributed by atoms with Gasteiger partial charge in [-0.1, -0.05) is 55.9 Å². The van der Waals surface area contributed by atoms with Crippen LogP contribution in [0.1, 0.15) is 37.8 Å². The van der Waals surface area contributed by atoms with Crippen molar-refractivity contribution in [2.24, 2.45) is 4.99 Å². The second-order valence-electron chi connectivity index (χ2n) is 7.33. The van der Waals surface area contributed by atoms with E-state index in [0.29, 0.717) is 34.8 Å². The second-order valence-corrected chi connectivity index (χ2v) is 8.27. The smallest absolute Gasteiger partial charge is 0.283 e. The molecular formula is C24H27N3O3S. The number of rotatable bonds is 7. The molecule has 162 valence electrons. The average molecular weight is 438 g/mol. The van der Waals surface area contributed by atoms with E-state index in [4.69, 9.17) is 4.74 Å². The van der Waals surface area contributed by atoms with Crippen molar-refractivity contribution in [1.29, 1.82) is 0 Å². The Labute approximate surface area is 187 Å². The molecular weight excluding hydrogens is 410 g/mol. The maximum atomic E-state index is 13.3. The number of nitrogens with zero attached hydrogens (tertiary/aromatic N) is 2. The SMILES string of the molecule is CCNC(=O)CSC1=N/C(=C\c2ccc(C(C)C)cc2)C(=O)N1c1cccc(OC)c1. The zero-order valence-electron chi connectivity index (χ0n) is 18.2. The number of amidine groups is 1. The van der Waals surface area contributed by atoms with Gasteiger partial charge in [0.1, 0.15) is 11.4 Å². The fraction of sp³-hybridized carbons (Fsp3) is 0.292. The van der Waals surface area contributed by atoms with Gasteiger partial charge < -0.3 is 10.1 Å². The molecule has 0 unspecified atom stereocenters. The summed E-state index contributed by atoms with van der Waals surface area (Å²) < 4.78 is 5.30. The van der Waals surface area contributed by atoms with Crippen LogP contribution < -0.4 is 15.0 Å². The lowest BCUT2D eigenvalue weighted by molar-refractivity contribution is -0.118. The molecule has 1 aliphatic rings. The minimum atomic E-state index is -0.236. The van der Waals surface area contributed by atoms with Gasteiger partial charge in [0.2, 0.25) is 5.91 Å². The van der Waals surface area contributed by atoms with Crippen molar-refractivity contribution in [3.05, 3.63) is 65.4 Å². The van der Waals surface area contributed by atoms with Gasteiger partial charge in [0.05, 0.1) is 18.6 Å². The fourth-order valence-corrected chi connectivity index (χ4v) is 3.93. The van der Waals surface area contributed by atoms with Crippen LogP contribution in [0.15, 0.2) is 59.2 Å². The normalized spacial score (nSPS) is 14.9. The molecule has 0 atom stereocenters. The molecule has 1 aliphatic heterocycles. The highest BCUT2D eigenvalue weighted by Gasteiger charge is 2.32. The van der Waals surface area contributed by atoms with Crippen LogP contribution >= 0.6 is 11.8 Å². The maximum absolute atomic E-state index is 13.3. The number of anilines is 1. The van der Waals surface area contributed by atoms with E-state index in [1.54, 1.807) is 19.3 Å². The van der Waals surface area contributed by atoms with Crippen LogP contribution in [0.5, 0.6) is 5.75 Å². The summed E-state index contributed by atoms with van der Waals surface area (Å²) in [6, 6.07) is 15.3. The first kappa shape index (κ1) is 22.6. The number of methoxy groups -OCH3 is 1. The molecule has 6 nitrogen and oxygen atoms in total. The van der Waals surface area contributed by atoms with Crippen LogP contribution in [0.25, 0.3) is 6.08 Å². The van der Waals surface area contributed by atoms with Gasteiger partial charge in [-0.15, -0.1) is 0 Å². The zero-order chi connectivity index (χ0) is 22.4. The van der Waals surface area contributed by atoms with Crippen LogP contribution in [0.3, 0.4) is 0 Å². The van der Waals surface area contributed by atoms with Crippen molar-refractivity contribution in [3.8, 4) is 5.75 Å². The number of aliphatic imine (C=N–C) groups is 1. The number of hydrogen-bond acceptors (Lipinski definition) is 5. The summed E-state index contributed by atoms with van der Waals surface area (Å²) in [5, 5.41) is 3.23. The summed E-state index contributed by atoms with van der Waals surface area (Å²) in [5.74, 6) is 0.917. The molecule has 0 saturated carbocycles. The highest BCUT2D eigenvalue weighted by Crippen LogP contribution is 2.31. The predicted octanol–water partition coefficient (Wildman–Crippen LogP) is 4.43. The van der Waals surface area contributed by atoms with Crippen LogP contribution in [0.2, 0.25) is 0 Å². The Hall–Kier alpha value is -3.06. The molecule has 7 heteroatoms. The quantitative estimate of drug-likeness (QED) is 0.651. The van der Waals surface area contributed by atoms with Crippen LogP contribution in [0, 0.1) is 0 Å². The molecule has 31 heavy (non-hydrogen) atoms. The predicted molar refractivity (Wildman–Crippen MR) is 128 cm³/mol. The van der Waals surface area contributed by atoms with E-state index in [1.165, 1.54) is 22.2 Å². The molecule has 0 bridgehead atoms. The van der Waals surface area contributed by atoms with Gasteiger partial charge in [-0.3, -0.25) is 14.5 Å². The first-order valence-corrected chi connectivity index (χ1v) is 11.2. The third kappa shape index (κ3) is 5.55. The highest BCUT2D eigenvalue weighted by molar-refractivity contribution is 8.14. The standard InChI is InChI=1S/C24H27N3O3S/c1-5-25-22(28)15-31-24-26-21(13-17-9-11-18(12-10-17)16(2)3)23(29)27(24)19-7-6-8-20(14-19)30-4/h6-14,16H,5,15H2,1-4H3,(H,25,28)/b21-13-. The molecule has 2 aromatic carbocycles. The molecule has 1 N–H and O–H groups in total. The van der Waals surface area contributed by atoms with Gasteiger partial charge in [0, 0.05) is 12.6 Å². The van der Waals surface area contributed by atoms with Crippen molar-refractivity contribution in [3.63, 3.8) is 0 Å². The van der Waals surface area contributed by atoms with Crippen molar-refractivity contribution in [2.45, 2.75) is 26.7 Å². The van der Waals surface area contributed by atoms with Gasteiger partial charge in [-0.2, -0.15) is 0 Å². The van der Waals surface area contributed by atoms with Crippen LogP contribution in [-0.2, 0) is 9.59 Å². The van der Waals surface area contributed by atoms with E-state index >= 15 is 0 Å². The number of amides is 2. The number of ether oxygens (including phenoxy) is 1. The van der Waals surface area contributed by atoms with Gasteiger partial charge in [0.25, 0.3) is 5.91 Å². The molecule has 2 amide bonds. The van der Waals surface area contributed by atoms with Crippen molar-refractivity contribution >= 4 is 40.5 Å². The first-order chi connectivity index (χ1) is 14.9. The maximum Gasteiger partial charge on any atom is 0.283 e. The lowest BCUT2D eigenvalue weighted by atomic mass is 10.0. The largest absolute Gasteiger partial charge is 0.497 e. The summed E-state index contributed by atoms with van der Waals surface area (Å²) in [4.78, 5) is 31.3. The van der Waals surface area contributed by atoms with Gasteiger partial charge in [0.15, 0.2) is 5.17 Å². The summed E-state index contributed by atoms with van der Waals surface area (Å²) >= 11 is 1.23. The Morgan fingerprint density at radius 2 is 1.97 bits per heavy atom. The van der Waals surface area contributed by atoms with E-state index in [2.05, 4.69) is 36.3 Å². The number of carbonyl (C=O) groups excluding carboxylic acids is 2. The Balaban J connectivity index is 1.92. The number of benzene rings is 2. The number of thioether (sulfide) groups is 1. The minimum absolute atomic E-state index is 0.102. The zero-order valence-corrected chi connectivity index (χ0v) is 19.0. The van der Waals surface area contributed by atoms with Crippen LogP contribution in [0.4, 0.5) is 5.69 Å². The second kappa shape index (κ2) is 10.3. The minimum Gasteiger partial charge on any atom is -0.497 e. The molecule has 1 heterocycles. The summed E-state index contributed by atoms with van der Waals surface area (Å²) in [6.07, 6.45) is 1.78. The number of carbonyl (C=O) groups is 2. The Morgan fingerprint density at radius 3 is 2.61 bits per heavy atom. The molecule has 3 rings (SSSR count). The Kier molecular flexibility index (Phi) is 7.52. The Morgan fingerprint density at radius 1 is 1.23 bits per heavy atom. The molecule has 0 aromatic heterocycles. The Bertz CT molecular complexity index is 1010. The highest BCUT2D eigenvalue weighted by atomic mass is 32.2. The molecule has 0 radical (unpaired) electrons. The third-order valence-corrected chi connectivity index (χ3v) is 5.69. The summed E-state index contributed by atoms with van der Waals surface area (Å²) in [7, 11) is 1.58. The van der Waals surface area contributed by atoms with Crippen molar-refractivity contribution in [1.82, 2.24) is 5.32 Å². The molecule has 2 aromatic rings. The van der Waals surface area contributed by atoms with Crippen LogP contribution in [-0.4, -0.2) is 36.4 Å². The molecule has 0 aliphatic carbocycles. The molecule has 0 spiro atoms. The third-order valence-electron chi connectivity index (χ3n) is 4.75. The van der Waals surface area contributed by atoms with Gasteiger partial charge in [-0.25, -0.2) is 4.99 Å². The van der Waals surface area contributed by atoms with Crippen molar-refractivity contribution < 1.29 is 14.3 Å². The van der Waals surface area contributed by atoms with E-state index in [1.807, 2.05) is 37.3 Å². The monoisotopic (exact) mass is 437 g/mol. The summed E-state index contributed by atoms with van der Waals surface area (Å²) in [5.41, 5.74) is 3.11. The average Bonchev–Trinajstić information content (AvgIpc) is 3.08. The van der Waals surface area contributed by atoms with Crippen molar-refractivity contribution in [2.75, 3.05) is 24.3 Å². The molecule has 0 saturated heterocycles. The topological polar surface area (TPSA) is 71.0 Å². The van der Waals surface area contributed by atoms with E-state index < -0.39 is 0 Å². The summed E-state index contributed by atoms with van der Waals surface area (Å²) in [6.45, 7) is 6.71. The molecule has 0 fully saturated rings. The van der Waals surface area contributed by atoms with E-state index in [0.717, 1.165) is 5.56 Å². The number of nitrogens with one attached hydrogen (secondary N) is 1.